The average molecular weight is 133 g/mol. The summed E-state index contributed by atoms with van der Waals surface area (Å²) in [6.07, 6.45) is 1.03. The molecule has 0 unspecified atom stereocenters. The maximum atomic E-state index is 10.2. The van der Waals surface area contributed by atoms with Crippen LogP contribution in [0, 0.1) is 0 Å². The summed E-state index contributed by atoms with van der Waals surface area (Å²) in [5.41, 5.74) is 0. The van der Waals surface area contributed by atoms with E-state index in [-0.39, 0.29) is 12.6 Å². The first-order valence-corrected chi connectivity index (χ1v) is 2.44. The Hall–Kier alpha value is -0.900. The number of esters is 1. The number of ether oxygens (including phenoxy) is 1. The van der Waals surface area contributed by atoms with Crippen LogP contribution in [-0.4, -0.2) is 12.4 Å². The van der Waals surface area contributed by atoms with Gasteiger partial charge in [0.25, 0.3) is 0 Å². The number of hydrogen-bond donors (Lipinski definition) is 1. The van der Waals surface area contributed by atoms with Gasteiger partial charge in [0.15, 0.2) is 0 Å². The lowest BCUT2D eigenvalue weighted by Gasteiger charge is -1.89. The molecule has 0 saturated heterocycles. The highest BCUT2D eigenvalue weighted by Crippen LogP contribution is 1.87. The molecular formula is C5H11NO3. The van der Waals surface area contributed by atoms with Crippen LogP contribution >= 0.6 is 0 Å². The lowest BCUT2D eigenvalue weighted by atomic mass is 10.3. The molecular weight excluding hydrogens is 122 g/mol. The highest BCUT2D eigenvalue weighted by atomic mass is 16.6. The standard InChI is InChI=1S/C5H8O3.H3N/c1-2-3-5(7)8-4-6;/h4H,2-3H2,1H3;1H3. The van der Waals surface area contributed by atoms with Gasteiger partial charge in [-0.2, -0.15) is 0 Å². The van der Waals surface area contributed by atoms with Crippen molar-refractivity contribution in [3.05, 3.63) is 0 Å². The van der Waals surface area contributed by atoms with Gasteiger partial charge in [-0.1, -0.05) is 6.92 Å². The largest absolute Gasteiger partial charge is 0.395 e. The molecule has 0 amide bonds. The van der Waals surface area contributed by atoms with Crippen LogP contribution in [0.3, 0.4) is 0 Å². The summed E-state index contributed by atoms with van der Waals surface area (Å²) in [6, 6.07) is 0. The number of carbonyl (C=O) groups excluding carboxylic acids is 2. The molecule has 0 spiro atoms. The van der Waals surface area contributed by atoms with Crippen molar-refractivity contribution >= 4 is 12.4 Å². The second-order valence-corrected chi connectivity index (χ2v) is 1.34. The van der Waals surface area contributed by atoms with Crippen molar-refractivity contribution in [3.63, 3.8) is 0 Å². The molecule has 0 radical (unpaired) electrons. The van der Waals surface area contributed by atoms with Crippen molar-refractivity contribution < 1.29 is 14.3 Å². The molecule has 0 aliphatic carbocycles. The summed E-state index contributed by atoms with van der Waals surface area (Å²) in [4.78, 5) is 19.6. The first-order chi connectivity index (χ1) is 3.81. The van der Waals surface area contributed by atoms with Crippen LogP contribution in [0.1, 0.15) is 19.8 Å². The van der Waals surface area contributed by atoms with E-state index in [0.717, 1.165) is 0 Å². The lowest BCUT2D eigenvalue weighted by Crippen LogP contribution is -2.00. The van der Waals surface area contributed by atoms with Gasteiger partial charge in [-0.15, -0.1) is 0 Å². The molecule has 0 atom stereocenters. The highest BCUT2D eigenvalue weighted by Gasteiger charge is 1.96. The zero-order chi connectivity index (χ0) is 6.41. The average Bonchev–Trinajstić information content (AvgIpc) is 1.68. The quantitative estimate of drug-likeness (QED) is 0.348. The van der Waals surface area contributed by atoms with Gasteiger partial charge >= 0.3 is 12.4 Å². The minimum Gasteiger partial charge on any atom is -0.395 e. The molecule has 54 valence electrons. The molecule has 4 nitrogen and oxygen atoms in total. The molecule has 0 aromatic carbocycles. The van der Waals surface area contributed by atoms with E-state index in [4.69, 9.17) is 0 Å². The lowest BCUT2D eigenvalue weighted by molar-refractivity contribution is -0.151. The summed E-state index contributed by atoms with van der Waals surface area (Å²) in [7, 11) is 0. The summed E-state index contributed by atoms with van der Waals surface area (Å²) < 4.78 is 3.96. The van der Waals surface area contributed by atoms with E-state index in [2.05, 4.69) is 4.74 Å². The Morgan fingerprint density at radius 2 is 2.22 bits per heavy atom. The van der Waals surface area contributed by atoms with E-state index in [1.165, 1.54) is 0 Å². The molecule has 0 saturated carbocycles. The SMILES string of the molecule is CCCC(=O)OC=O.N. The van der Waals surface area contributed by atoms with Gasteiger partial charge in [-0.05, 0) is 6.42 Å². The molecule has 0 aromatic rings. The zero-order valence-electron chi connectivity index (χ0n) is 5.42. The molecule has 0 fully saturated rings. The van der Waals surface area contributed by atoms with Crippen molar-refractivity contribution in [2.45, 2.75) is 19.8 Å². The van der Waals surface area contributed by atoms with Gasteiger partial charge in [0.2, 0.25) is 0 Å². The first-order valence-electron chi connectivity index (χ1n) is 2.44. The van der Waals surface area contributed by atoms with E-state index < -0.39 is 5.97 Å². The van der Waals surface area contributed by atoms with Crippen molar-refractivity contribution in [1.82, 2.24) is 6.15 Å². The van der Waals surface area contributed by atoms with Gasteiger partial charge in [0.05, 0.1) is 0 Å². The van der Waals surface area contributed by atoms with Crippen molar-refractivity contribution in [3.8, 4) is 0 Å². The Labute approximate surface area is 53.8 Å². The summed E-state index contributed by atoms with van der Waals surface area (Å²) in [5, 5.41) is 0. The number of rotatable bonds is 3. The van der Waals surface area contributed by atoms with Crippen LogP contribution in [0.25, 0.3) is 0 Å². The molecule has 0 aliphatic rings. The fourth-order valence-electron chi connectivity index (χ4n) is 0.317. The molecule has 0 aliphatic heterocycles. The molecule has 4 heteroatoms. The van der Waals surface area contributed by atoms with Crippen LogP contribution < -0.4 is 6.15 Å². The summed E-state index contributed by atoms with van der Waals surface area (Å²) in [6.45, 7) is 1.99. The molecule has 0 bridgehead atoms. The van der Waals surface area contributed by atoms with Crippen LogP contribution in [0.4, 0.5) is 0 Å². The summed E-state index contributed by atoms with van der Waals surface area (Å²) in [5.74, 6) is -0.456. The zero-order valence-corrected chi connectivity index (χ0v) is 5.42. The third-order valence-electron chi connectivity index (χ3n) is 0.634. The predicted octanol–water partition coefficient (Wildman–Crippen LogP) is 0.648. The van der Waals surface area contributed by atoms with Gasteiger partial charge in [-0.3, -0.25) is 9.59 Å². The first kappa shape index (κ1) is 11.0. The Kier molecular flexibility index (Phi) is 8.66. The van der Waals surface area contributed by atoms with E-state index in [1.54, 1.807) is 0 Å². The Morgan fingerprint density at radius 1 is 1.67 bits per heavy atom. The monoisotopic (exact) mass is 133 g/mol. The molecule has 9 heavy (non-hydrogen) atoms. The summed E-state index contributed by atoms with van der Waals surface area (Å²) >= 11 is 0. The predicted molar refractivity (Wildman–Crippen MR) is 32.1 cm³/mol. The van der Waals surface area contributed by atoms with Crippen molar-refractivity contribution in [1.29, 1.82) is 0 Å². The van der Waals surface area contributed by atoms with Crippen LogP contribution in [0.5, 0.6) is 0 Å². The maximum absolute atomic E-state index is 10.2. The fourth-order valence-corrected chi connectivity index (χ4v) is 0.317. The van der Waals surface area contributed by atoms with Crippen LogP contribution in [-0.2, 0) is 14.3 Å². The van der Waals surface area contributed by atoms with Gasteiger partial charge < -0.3 is 10.9 Å². The van der Waals surface area contributed by atoms with Crippen molar-refractivity contribution in [2.24, 2.45) is 0 Å². The van der Waals surface area contributed by atoms with E-state index in [9.17, 15) is 9.59 Å². The molecule has 3 N–H and O–H groups in total. The highest BCUT2D eigenvalue weighted by molar-refractivity contribution is 5.76. The Balaban J connectivity index is 0. The minimum absolute atomic E-state index is 0. The second kappa shape index (κ2) is 7.10. The van der Waals surface area contributed by atoms with E-state index >= 15 is 0 Å². The van der Waals surface area contributed by atoms with Gasteiger partial charge in [0.1, 0.15) is 0 Å². The third-order valence-corrected chi connectivity index (χ3v) is 0.634. The van der Waals surface area contributed by atoms with E-state index in [1.807, 2.05) is 6.92 Å². The minimum atomic E-state index is -0.456. The topological polar surface area (TPSA) is 78.4 Å². The van der Waals surface area contributed by atoms with Gasteiger partial charge in [0, 0.05) is 6.42 Å². The van der Waals surface area contributed by atoms with Crippen LogP contribution in [0.15, 0.2) is 0 Å². The molecule has 0 heterocycles. The molecule has 0 aromatic heterocycles. The second-order valence-electron chi connectivity index (χ2n) is 1.34. The fraction of sp³-hybridized carbons (Fsp3) is 0.600. The smallest absolute Gasteiger partial charge is 0.313 e. The third kappa shape index (κ3) is 7.10. The Bertz CT molecular complexity index is 92.2. The maximum Gasteiger partial charge on any atom is 0.313 e. The number of hydrogen-bond acceptors (Lipinski definition) is 4. The van der Waals surface area contributed by atoms with Crippen molar-refractivity contribution in [2.75, 3.05) is 0 Å². The normalized spacial score (nSPS) is 7.22. The number of carbonyl (C=O) groups is 2. The molecule has 0 rings (SSSR count). The van der Waals surface area contributed by atoms with E-state index in [0.29, 0.717) is 12.8 Å². The van der Waals surface area contributed by atoms with Crippen LogP contribution in [0.2, 0.25) is 0 Å². The Morgan fingerprint density at radius 3 is 2.56 bits per heavy atom. The van der Waals surface area contributed by atoms with Gasteiger partial charge in [-0.25, -0.2) is 0 Å².